The van der Waals surface area contributed by atoms with Crippen LogP contribution in [0.1, 0.15) is 39.0 Å². The molecule has 1 spiro atoms. The predicted molar refractivity (Wildman–Crippen MR) is 64.9 cm³/mol. The fourth-order valence-electron chi connectivity index (χ4n) is 2.88. The fourth-order valence-corrected chi connectivity index (χ4v) is 3.08. The van der Waals surface area contributed by atoms with E-state index in [-0.39, 0.29) is 0 Å². The third-order valence-electron chi connectivity index (χ3n) is 4.16. The van der Waals surface area contributed by atoms with Crippen LogP contribution in [-0.4, -0.2) is 29.9 Å². The highest BCUT2D eigenvalue weighted by Crippen LogP contribution is 2.48. The standard InChI is InChI=1S/C12H22BrN/c1-11(9-13)10-14-7-5-12(6-8-14)3-2-4-12/h11H,2-10H2,1H3. The van der Waals surface area contributed by atoms with Gasteiger partial charge in [0.25, 0.3) is 0 Å². The van der Waals surface area contributed by atoms with E-state index in [1.54, 1.807) is 0 Å². The van der Waals surface area contributed by atoms with E-state index in [0.717, 1.165) is 16.7 Å². The summed E-state index contributed by atoms with van der Waals surface area (Å²) in [7, 11) is 0. The molecule has 1 unspecified atom stereocenters. The molecular formula is C12H22BrN. The Balaban J connectivity index is 1.73. The lowest BCUT2D eigenvalue weighted by molar-refractivity contribution is 0.0297. The van der Waals surface area contributed by atoms with Crippen LogP contribution in [0.2, 0.25) is 0 Å². The van der Waals surface area contributed by atoms with Gasteiger partial charge in [0.2, 0.25) is 0 Å². The van der Waals surface area contributed by atoms with Crippen molar-refractivity contribution in [2.24, 2.45) is 11.3 Å². The van der Waals surface area contributed by atoms with E-state index in [0.29, 0.717) is 0 Å². The number of halogens is 1. The van der Waals surface area contributed by atoms with E-state index in [9.17, 15) is 0 Å². The molecule has 0 aromatic heterocycles. The maximum atomic E-state index is 3.56. The molecule has 82 valence electrons. The van der Waals surface area contributed by atoms with Gasteiger partial charge in [-0.05, 0) is 50.1 Å². The summed E-state index contributed by atoms with van der Waals surface area (Å²) in [5, 5.41) is 1.15. The molecule has 1 heterocycles. The Morgan fingerprint density at radius 2 is 1.86 bits per heavy atom. The van der Waals surface area contributed by atoms with Crippen LogP contribution >= 0.6 is 15.9 Å². The molecule has 1 aliphatic heterocycles. The SMILES string of the molecule is CC(CBr)CN1CCC2(CCC2)CC1. The lowest BCUT2D eigenvalue weighted by Gasteiger charge is -2.48. The Labute approximate surface area is 96.4 Å². The lowest BCUT2D eigenvalue weighted by atomic mass is 9.63. The smallest absolute Gasteiger partial charge is 0.00692 e. The largest absolute Gasteiger partial charge is 0.303 e. The summed E-state index contributed by atoms with van der Waals surface area (Å²) in [6.07, 6.45) is 7.49. The number of nitrogens with zero attached hydrogens (tertiary/aromatic N) is 1. The van der Waals surface area contributed by atoms with Crippen LogP contribution in [0, 0.1) is 11.3 Å². The zero-order chi connectivity index (χ0) is 10.0. The first-order valence-corrected chi connectivity index (χ1v) is 7.15. The third-order valence-corrected chi connectivity index (χ3v) is 5.27. The van der Waals surface area contributed by atoms with E-state index < -0.39 is 0 Å². The Hall–Kier alpha value is 0.440. The van der Waals surface area contributed by atoms with Gasteiger partial charge in [-0.1, -0.05) is 29.3 Å². The molecule has 1 atom stereocenters. The highest BCUT2D eigenvalue weighted by Gasteiger charge is 2.39. The van der Waals surface area contributed by atoms with Gasteiger partial charge >= 0.3 is 0 Å². The van der Waals surface area contributed by atoms with E-state index in [4.69, 9.17) is 0 Å². The average molecular weight is 260 g/mol. The van der Waals surface area contributed by atoms with Gasteiger partial charge in [-0.15, -0.1) is 0 Å². The zero-order valence-electron chi connectivity index (χ0n) is 9.27. The first kappa shape index (κ1) is 10.9. The second kappa shape index (κ2) is 4.52. The van der Waals surface area contributed by atoms with E-state index >= 15 is 0 Å². The van der Waals surface area contributed by atoms with Crippen molar-refractivity contribution >= 4 is 15.9 Å². The maximum absolute atomic E-state index is 3.56. The van der Waals surface area contributed by atoms with Crippen molar-refractivity contribution in [2.45, 2.75) is 39.0 Å². The summed E-state index contributed by atoms with van der Waals surface area (Å²) in [5.41, 5.74) is 0.814. The van der Waals surface area contributed by atoms with Crippen molar-refractivity contribution < 1.29 is 0 Å². The minimum atomic E-state index is 0.811. The van der Waals surface area contributed by atoms with Crippen LogP contribution in [0.15, 0.2) is 0 Å². The van der Waals surface area contributed by atoms with Crippen LogP contribution in [0.4, 0.5) is 0 Å². The van der Waals surface area contributed by atoms with Gasteiger partial charge in [-0.3, -0.25) is 0 Å². The van der Waals surface area contributed by atoms with Gasteiger partial charge in [0, 0.05) is 11.9 Å². The molecule has 14 heavy (non-hydrogen) atoms. The number of rotatable bonds is 3. The molecule has 2 heteroatoms. The van der Waals surface area contributed by atoms with Crippen LogP contribution in [0.5, 0.6) is 0 Å². The summed E-state index contributed by atoms with van der Waals surface area (Å²) in [6, 6.07) is 0. The summed E-state index contributed by atoms with van der Waals surface area (Å²) < 4.78 is 0. The highest BCUT2D eigenvalue weighted by atomic mass is 79.9. The highest BCUT2D eigenvalue weighted by molar-refractivity contribution is 9.09. The molecule has 0 aromatic rings. The molecule has 0 radical (unpaired) electrons. The fraction of sp³-hybridized carbons (Fsp3) is 1.00. The molecule has 0 amide bonds. The van der Waals surface area contributed by atoms with Gasteiger partial charge in [0.15, 0.2) is 0 Å². The minimum absolute atomic E-state index is 0.811. The minimum Gasteiger partial charge on any atom is -0.303 e. The van der Waals surface area contributed by atoms with E-state index in [1.165, 1.54) is 51.7 Å². The number of piperidine rings is 1. The number of hydrogen-bond donors (Lipinski definition) is 0. The Morgan fingerprint density at radius 3 is 2.29 bits per heavy atom. The lowest BCUT2D eigenvalue weighted by Crippen LogP contribution is -2.44. The average Bonchev–Trinajstić information content (AvgIpc) is 2.16. The van der Waals surface area contributed by atoms with E-state index in [1.807, 2.05) is 0 Å². The molecule has 2 aliphatic rings. The van der Waals surface area contributed by atoms with Gasteiger partial charge in [-0.2, -0.15) is 0 Å². The first-order valence-electron chi connectivity index (χ1n) is 6.02. The van der Waals surface area contributed by atoms with Gasteiger partial charge < -0.3 is 4.90 Å². The molecule has 0 bridgehead atoms. The molecule has 1 nitrogen and oxygen atoms in total. The van der Waals surface area contributed by atoms with Crippen LogP contribution < -0.4 is 0 Å². The summed E-state index contributed by atoms with van der Waals surface area (Å²) in [6.45, 7) is 6.35. The maximum Gasteiger partial charge on any atom is 0.00692 e. The van der Waals surface area contributed by atoms with Crippen molar-refractivity contribution in [3.63, 3.8) is 0 Å². The molecular weight excluding hydrogens is 238 g/mol. The molecule has 2 rings (SSSR count). The second-order valence-electron chi connectivity index (χ2n) is 5.41. The number of likely N-dealkylation sites (tertiary alicyclic amines) is 1. The number of alkyl halides is 1. The first-order chi connectivity index (χ1) is 6.74. The summed E-state index contributed by atoms with van der Waals surface area (Å²) >= 11 is 3.56. The second-order valence-corrected chi connectivity index (χ2v) is 6.06. The quantitative estimate of drug-likeness (QED) is 0.704. The van der Waals surface area contributed by atoms with Crippen LogP contribution in [0.25, 0.3) is 0 Å². The normalized spacial score (nSPS) is 28.7. The molecule has 1 aliphatic carbocycles. The Kier molecular flexibility index (Phi) is 3.54. The molecule has 0 N–H and O–H groups in total. The Morgan fingerprint density at radius 1 is 1.21 bits per heavy atom. The summed E-state index contributed by atoms with van der Waals surface area (Å²) in [4.78, 5) is 2.66. The summed E-state index contributed by atoms with van der Waals surface area (Å²) in [5.74, 6) is 0.811. The van der Waals surface area contributed by atoms with Crippen molar-refractivity contribution in [1.82, 2.24) is 4.90 Å². The zero-order valence-corrected chi connectivity index (χ0v) is 10.9. The predicted octanol–water partition coefficient (Wildman–Crippen LogP) is 3.28. The van der Waals surface area contributed by atoms with Crippen LogP contribution in [-0.2, 0) is 0 Å². The molecule has 1 saturated carbocycles. The van der Waals surface area contributed by atoms with Crippen molar-refractivity contribution in [1.29, 1.82) is 0 Å². The van der Waals surface area contributed by atoms with Crippen molar-refractivity contribution in [3.8, 4) is 0 Å². The number of hydrogen-bond acceptors (Lipinski definition) is 1. The monoisotopic (exact) mass is 259 g/mol. The van der Waals surface area contributed by atoms with Crippen LogP contribution in [0.3, 0.4) is 0 Å². The van der Waals surface area contributed by atoms with Gasteiger partial charge in [0.05, 0.1) is 0 Å². The third kappa shape index (κ3) is 2.33. The molecule has 2 fully saturated rings. The van der Waals surface area contributed by atoms with E-state index in [2.05, 4.69) is 27.8 Å². The molecule has 1 saturated heterocycles. The van der Waals surface area contributed by atoms with Crippen molar-refractivity contribution in [2.75, 3.05) is 25.0 Å². The van der Waals surface area contributed by atoms with Crippen molar-refractivity contribution in [3.05, 3.63) is 0 Å². The molecule has 0 aromatic carbocycles. The topological polar surface area (TPSA) is 3.24 Å². The Bertz CT molecular complexity index is 179. The van der Waals surface area contributed by atoms with Gasteiger partial charge in [-0.25, -0.2) is 0 Å². The van der Waals surface area contributed by atoms with Gasteiger partial charge in [0.1, 0.15) is 0 Å².